The lowest BCUT2D eigenvalue weighted by Crippen LogP contribution is -2.40. The zero-order chi connectivity index (χ0) is 19.7. The lowest BCUT2D eigenvalue weighted by molar-refractivity contribution is -0.122. The van der Waals surface area contributed by atoms with Crippen molar-refractivity contribution in [3.63, 3.8) is 0 Å². The van der Waals surface area contributed by atoms with E-state index >= 15 is 0 Å². The van der Waals surface area contributed by atoms with E-state index in [0.29, 0.717) is 25.1 Å². The standard InChI is InChI=1S/C22H22FN3O2/c1-2-24-21(27)18-13-26(22(28)14-7-9-15(23)10-8-14)12-11-17-16-5-3-4-6-19(16)25-20(17)18/h3-10,18,25H,2,11-13H2,1H3,(H,24,27). The van der Waals surface area contributed by atoms with Crippen molar-refractivity contribution in [2.75, 3.05) is 19.6 Å². The monoisotopic (exact) mass is 379 g/mol. The summed E-state index contributed by atoms with van der Waals surface area (Å²) < 4.78 is 13.2. The van der Waals surface area contributed by atoms with Crippen LogP contribution in [0.15, 0.2) is 48.5 Å². The van der Waals surface area contributed by atoms with E-state index in [1.165, 1.54) is 24.3 Å². The van der Waals surface area contributed by atoms with E-state index in [4.69, 9.17) is 0 Å². The van der Waals surface area contributed by atoms with Gasteiger partial charge in [-0.15, -0.1) is 0 Å². The molecule has 4 rings (SSSR count). The van der Waals surface area contributed by atoms with Crippen molar-refractivity contribution in [1.82, 2.24) is 15.2 Å². The SMILES string of the molecule is CCNC(=O)C1CN(C(=O)c2ccc(F)cc2)CCc2c1[nH]c1ccccc21. The van der Waals surface area contributed by atoms with E-state index in [9.17, 15) is 14.0 Å². The highest BCUT2D eigenvalue weighted by molar-refractivity contribution is 5.96. The van der Waals surface area contributed by atoms with Crippen LogP contribution in [0.5, 0.6) is 0 Å². The highest BCUT2D eigenvalue weighted by atomic mass is 19.1. The first kappa shape index (κ1) is 18.2. The molecule has 0 radical (unpaired) electrons. The van der Waals surface area contributed by atoms with Crippen LogP contribution in [0.3, 0.4) is 0 Å². The number of carbonyl (C=O) groups excluding carboxylic acids is 2. The first-order valence-electron chi connectivity index (χ1n) is 9.50. The summed E-state index contributed by atoms with van der Waals surface area (Å²) in [7, 11) is 0. The first-order chi connectivity index (χ1) is 13.6. The van der Waals surface area contributed by atoms with Gasteiger partial charge in [-0.3, -0.25) is 9.59 Å². The summed E-state index contributed by atoms with van der Waals surface area (Å²) in [6.07, 6.45) is 0.655. The Morgan fingerprint density at radius 2 is 1.93 bits per heavy atom. The quantitative estimate of drug-likeness (QED) is 0.734. The summed E-state index contributed by atoms with van der Waals surface area (Å²) in [5, 5.41) is 3.97. The molecule has 0 fully saturated rings. The maximum absolute atomic E-state index is 13.2. The van der Waals surface area contributed by atoms with Gasteiger partial charge in [0, 0.05) is 41.8 Å². The predicted octanol–water partition coefficient (Wildman–Crippen LogP) is 3.23. The highest BCUT2D eigenvalue weighted by Crippen LogP contribution is 2.32. The number of hydrogen-bond acceptors (Lipinski definition) is 2. The first-order valence-corrected chi connectivity index (χ1v) is 9.50. The molecule has 2 N–H and O–H groups in total. The number of aromatic amines is 1. The Bertz CT molecular complexity index is 1030. The summed E-state index contributed by atoms with van der Waals surface area (Å²) in [5.74, 6) is -1.15. The second-order valence-electron chi connectivity index (χ2n) is 7.02. The molecule has 0 saturated heterocycles. The Labute approximate surface area is 162 Å². The molecule has 0 aliphatic carbocycles. The lowest BCUT2D eigenvalue weighted by Gasteiger charge is -2.24. The Morgan fingerprint density at radius 1 is 1.18 bits per heavy atom. The molecule has 5 nitrogen and oxygen atoms in total. The number of fused-ring (bicyclic) bond motifs is 3. The Morgan fingerprint density at radius 3 is 2.68 bits per heavy atom. The number of carbonyl (C=O) groups is 2. The van der Waals surface area contributed by atoms with Crippen molar-refractivity contribution in [3.8, 4) is 0 Å². The average molecular weight is 379 g/mol. The fourth-order valence-corrected chi connectivity index (χ4v) is 3.91. The van der Waals surface area contributed by atoms with Gasteiger partial charge >= 0.3 is 0 Å². The topological polar surface area (TPSA) is 65.2 Å². The number of nitrogens with zero attached hydrogens (tertiary/aromatic N) is 1. The maximum Gasteiger partial charge on any atom is 0.253 e. The van der Waals surface area contributed by atoms with Gasteiger partial charge in [0.15, 0.2) is 0 Å². The Balaban J connectivity index is 1.71. The minimum absolute atomic E-state index is 0.103. The largest absolute Gasteiger partial charge is 0.357 e. The van der Waals surface area contributed by atoms with Crippen molar-refractivity contribution >= 4 is 22.7 Å². The third-order valence-electron chi connectivity index (χ3n) is 5.28. The van der Waals surface area contributed by atoms with Crippen molar-refractivity contribution in [2.24, 2.45) is 0 Å². The highest BCUT2D eigenvalue weighted by Gasteiger charge is 2.33. The number of rotatable bonds is 3. The van der Waals surface area contributed by atoms with Gasteiger partial charge < -0.3 is 15.2 Å². The van der Waals surface area contributed by atoms with Crippen molar-refractivity contribution < 1.29 is 14.0 Å². The van der Waals surface area contributed by atoms with Crippen LogP contribution < -0.4 is 5.32 Å². The molecule has 3 aromatic rings. The number of likely N-dealkylation sites (N-methyl/N-ethyl adjacent to an activating group) is 1. The second kappa shape index (κ2) is 7.46. The number of benzene rings is 2. The summed E-state index contributed by atoms with van der Waals surface area (Å²) in [4.78, 5) is 30.9. The predicted molar refractivity (Wildman–Crippen MR) is 106 cm³/mol. The summed E-state index contributed by atoms with van der Waals surface area (Å²) in [6.45, 7) is 3.18. The molecule has 1 aromatic heterocycles. The van der Waals surface area contributed by atoms with Crippen molar-refractivity contribution in [2.45, 2.75) is 19.3 Å². The van der Waals surface area contributed by atoms with E-state index in [-0.39, 0.29) is 24.2 Å². The zero-order valence-electron chi connectivity index (χ0n) is 15.7. The number of para-hydroxylation sites is 1. The minimum atomic E-state index is -0.478. The van der Waals surface area contributed by atoms with Crippen LogP contribution >= 0.6 is 0 Å². The molecule has 2 aromatic carbocycles. The van der Waals surface area contributed by atoms with Gasteiger partial charge in [0.05, 0.1) is 5.92 Å². The minimum Gasteiger partial charge on any atom is -0.357 e. The van der Waals surface area contributed by atoms with Crippen LogP contribution in [-0.4, -0.2) is 41.3 Å². The van der Waals surface area contributed by atoms with E-state index in [2.05, 4.69) is 10.3 Å². The van der Waals surface area contributed by atoms with E-state index < -0.39 is 5.92 Å². The number of H-pyrrole nitrogens is 1. The molecular weight excluding hydrogens is 357 g/mol. The van der Waals surface area contributed by atoms with Crippen LogP contribution in [0.2, 0.25) is 0 Å². The molecule has 1 unspecified atom stereocenters. The number of nitrogens with one attached hydrogen (secondary N) is 2. The van der Waals surface area contributed by atoms with Gasteiger partial charge in [0.1, 0.15) is 5.82 Å². The fourth-order valence-electron chi connectivity index (χ4n) is 3.91. The van der Waals surface area contributed by atoms with Gasteiger partial charge in [0.2, 0.25) is 5.91 Å². The average Bonchev–Trinajstić information content (AvgIpc) is 2.96. The van der Waals surface area contributed by atoms with Crippen LogP contribution in [0, 0.1) is 5.82 Å². The zero-order valence-corrected chi connectivity index (χ0v) is 15.7. The van der Waals surface area contributed by atoms with E-state index in [0.717, 1.165) is 22.2 Å². The Kier molecular flexibility index (Phi) is 4.86. The van der Waals surface area contributed by atoms with E-state index in [1.807, 2.05) is 31.2 Å². The normalized spacial score (nSPS) is 16.5. The molecule has 1 aliphatic rings. The van der Waals surface area contributed by atoms with Crippen molar-refractivity contribution in [1.29, 1.82) is 0 Å². The Hall–Kier alpha value is -3.15. The number of amides is 2. The summed E-state index contributed by atoms with van der Waals surface area (Å²) in [6, 6.07) is 13.5. The molecule has 1 aliphatic heterocycles. The molecule has 28 heavy (non-hydrogen) atoms. The van der Waals surface area contributed by atoms with Gasteiger partial charge in [-0.2, -0.15) is 0 Å². The lowest BCUT2D eigenvalue weighted by atomic mass is 9.99. The molecule has 0 saturated carbocycles. The van der Waals surface area contributed by atoms with Crippen molar-refractivity contribution in [3.05, 3.63) is 71.2 Å². The van der Waals surface area contributed by atoms with Gasteiger partial charge in [0.25, 0.3) is 5.91 Å². The smallest absolute Gasteiger partial charge is 0.253 e. The van der Waals surface area contributed by atoms with Crippen LogP contribution in [0.1, 0.15) is 34.5 Å². The van der Waals surface area contributed by atoms with Gasteiger partial charge in [-0.1, -0.05) is 18.2 Å². The number of aromatic nitrogens is 1. The molecule has 1 atom stereocenters. The molecule has 144 valence electrons. The molecule has 2 amide bonds. The maximum atomic E-state index is 13.2. The van der Waals surface area contributed by atoms with Crippen LogP contribution in [0.4, 0.5) is 4.39 Å². The van der Waals surface area contributed by atoms with Crippen LogP contribution in [0.25, 0.3) is 10.9 Å². The summed E-state index contributed by atoms with van der Waals surface area (Å²) >= 11 is 0. The van der Waals surface area contributed by atoms with Gasteiger partial charge in [-0.25, -0.2) is 4.39 Å². The van der Waals surface area contributed by atoms with E-state index in [1.54, 1.807) is 4.90 Å². The third-order valence-corrected chi connectivity index (χ3v) is 5.28. The molecule has 0 bridgehead atoms. The summed E-state index contributed by atoms with van der Waals surface area (Å²) in [5.41, 5.74) is 3.38. The second-order valence-corrected chi connectivity index (χ2v) is 7.02. The van der Waals surface area contributed by atoms with Gasteiger partial charge in [-0.05, 0) is 49.2 Å². The molecular formula is C22H22FN3O2. The molecule has 6 heteroatoms. The fraction of sp³-hybridized carbons (Fsp3) is 0.273. The molecule has 0 spiro atoms. The third kappa shape index (κ3) is 3.26. The van der Waals surface area contributed by atoms with Crippen LogP contribution in [-0.2, 0) is 11.2 Å². The number of hydrogen-bond donors (Lipinski definition) is 2. The molecule has 2 heterocycles. The number of halogens is 1.